The summed E-state index contributed by atoms with van der Waals surface area (Å²) < 4.78 is 4.67. The van der Waals surface area contributed by atoms with Crippen LogP contribution in [0, 0.1) is 0 Å². The third-order valence-corrected chi connectivity index (χ3v) is 3.23. The highest BCUT2D eigenvalue weighted by molar-refractivity contribution is 5.95. The summed E-state index contributed by atoms with van der Waals surface area (Å²) in [7, 11) is 1.34. The minimum atomic E-state index is -0.438. The number of rotatable bonds is 3. The number of nitrogens with one attached hydrogen (secondary N) is 1. The van der Waals surface area contributed by atoms with E-state index in [1.807, 2.05) is 0 Å². The fraction of sp³-hybridized carbons (Fsp3) is 0.500. The van der Waals surface area contributed by atoms with Gasteiger partial charge in [-0.05, 0) is 32.3 Å². The molecule has 0 spiro atoms. The van der Waals surface area contributed by atoms with E-state index in [-0.39, 0.29) is 5.54 Å². The summed E-state index contributed by atoms with van der Waals surface area (Å²) in [6.07, 6.45) is 4.94. The maximum Gasteiger partial charge on any atom is 0.340 e. The van der Waals surface area contributed by atoms with Crippen LogP contribution in [-0.4, -0.2) is 23.6 Å². The average molecular weight is 235 g/mol. The smallest absolute Gasteiger partial charge is 0.340 e. The second kappa shape index (κ2) is 4.24. The van der Waals surface area contributed by atoms with Crippen LogP contribution < -0.4 is 11.1 Å². The highest BCUT2D eigenvalue weighted by Crippen LogP contribution is 2.34. The van der Waals surface area contributed by atoms with Crippen molar-refractivity contribution in [3.8, 4) is 0 Å². The largest absolute Gasteiger partial charge is 0.465 e. The lowest BCUT2D eigenvalue weighted by molar-refractivity contribution is 0.0602. The van der Waals surface area contributed by atoms with Gasteiger partial charge in [0.15, 0.2) is 0 Å². The monoisotopic (exact) mass is 235 g/mol. The molecular weight excluding hydrogens is 218 g/mol. The van der Waals surface area contributed by atoms with Crippen molar-refractivity contribution < 1.29 is 9.53 Å². The van der Waals surface area contributed by atoms with Crippen molar-refractivity contribution in [2.45, 2.75) is 31.7 Å². The van der Waals surface area contributed by atoms with Crippen LogP contribution in [-0.2, 0) is 4.74 Å². The number of anilines is 2. The Kier molecular flexibility index (Phi) is 2.92. The number of esters is 1. The molecule has 0 saturated heterocycles. The number of nitrogens with zero attached hydrogens (tertiary/aromatic N) is 1. The molecule has 1 aromatic heterocycles. The van der Waals surface area contributed by atoms with E-state index in [1.165, 1.54) is 19.7 Å². The first-order chi connectivity index (χ1) is 8.04. The predicted octanol–water partition coefficient (Wildman–Crippen LogP) is 1.80. The molecule has 0 radical (unpaired) electrons. The van der Waals surface area contributed by atoms with Crippen LogP contribution in [0.5, 0.6) is 0 Å². The van der Waals surface area contributed by atoms with E-state index in [1.54, 1.807) is 6.07 Å². The molecule has 92 valence electrons. The zero-order valence-corrected chi connectivity index (χ0v) is 10.1. The minimum Gasteiger partial charge on any atom is -0.465 e. The Morgan fingerprint density at radius 2 is 2.29 bits per heavy atom. The number of pyridine rings is 1. The summed E-state index contributed by atoms with van der Waals surface area (Å²) in [5.41, 5.74) is 6.47. The van der Waals surface area contributed by atoms with Crippen LogP contribution in [0.3, 0.4) is 0 Å². The van der Waals surface area contributed by atoms with E-state index < -0.39 is 5.97 Å². The van der Waals surface area contributed by atoms with Gasteiger partial charge in [-0.1, -0.05) is 0 Å². The van der Waals surface area contributed by atoms with Crippen LogP contribution in [0.4, 0.5) is 11.5 Å². The topological polar surface area (TPSA) is 77.2 Å². The molecule has 1 aliphatic carbocycles. The van der Waals surface area contributed by atoms with Gasteiger partial charge in [-0.25, -0.2) is 9.78 Å². The van der Waals surface area contributed by atoms with Crippen LogP contribution in [0.1, 0.15) is 36.5 Å². The molecule has 0 aromatic carbocycles. The van der Waals surface area contributed by atoms with Crippen molar-refractivity contribution in [2.24, 2.45) is 0 Å². The highest BCUT2D eigenvalue weighted by atomic mass is 16.5. The summed E-state index contributed by atoms with van der Waals surface area (Å²) in [6.45, 7) is 2.15. The molecule has 1 heterocycles. The highest BCUT2D eigenvalue weighted by Gasteiger charge is 2.31. The van der Waals surface area contributed by atoms with Crippen molar-refractivity contribution in [2.75, 3.05) is 18.2 Å². The summed E-state index contributed by atoms with van der Waals surface area (Å²) in [5, 5.41) is 3.33. The number of hydrogen-bond donors (Lipinski definition) is 2. The molecule has 0 atom stereocenters. The molecule has 2 rings (SSSR count). The lowest BCUT2D eigenvalue weighted by Crippen LogP contribution is -2.41. The molecule has 1 saturated carbocycles. The first-order valence-corrected chi connectivity index (χ1v) is 5.66. The Morgan fingerprint density at radius 3 is 2.82 bits per heavy atom. The maximum atomic E-state index is 11.5. The lowest BCUT2D eigenvalue weighted by atomic mass is 9.78. The number of carbonyl (C=O) groups excluding carboxylic acids is 1. The second-order valence-corrected chi connectivity index (χ2v) is 4.69. The van der Waals surface area contributed by atoms with Gasteiger partial charge in [-0.3, -0.25) is 0 Å². The van der Waals surface area contributed by atoms with Gasteiger partial charge >= 0.3 is 5.97 Å². The predicted molar refractivity (Wildman–Crippen MR) is 65.9 cm³/mol. The fourth-order valence-corrected chi connectivity index (χ4v) is 1.96. The normalized spacial score (nSPS) is 17.1. The SMILES string of the molecule is COC(=O)c1cc(NC2(C)CCC2)ncc1N. The third kappa shape index (κ3) is 2.33. The summed E-state index contributed by atoms with van der Waals surface area (Å²) in [6, 6.07) is 1.64. The van der Waals surface area contributed by atoms with E-state index >= 15 is 0 Å². The zero-order chi connectivity index (χ0) is 12.5. The summed E-state index contributed by atoms with van der Waals surface area (Å²) in [5.74, 6) is 0.230. The third-order valence-electron chi connectivity index (χ3n) is 3.23. The minimum absolute atomic E-state index is 0.0938. The molecule has 0 unspecified atom stereocenters. The van der Waals surface area contributed by atoms with Gasteiger partial charge in [-0.2, -0.15) is 0 Å². The molecule has 0 amide bonds. The van der Waals surface area contributed by atoms with Crippen molar-refractivity contribution in [3.05, 3.63) is 17.8 Å². The van der Waals surface area contributed by atoms with Gasteiger partial charge in [-0.15, -0.1) is 0 Å². The van der Waals surface area contributed by atoms with Gasteiger partial charge in [0.25, 0.3) is 0 Å². The van der Waals surface area contributed by atoms with Crippen LogP contribution in [0.2, 0.25) is 0 Å². The van der Waals surface area contributed by atoms with E-state index in [0.29, 0.717) is 17.1 Å². The van der Waals surface area contributed by atoms with Crippen LogP contribution in [0.15, 0.2) is 12.3 Å². The van der Waals surface area contributed by atoms with E-state index in [0.717, 1.165) is 12.8 Å². The molecule has 17 heavy (non-hydrogen) atoms. The maximum absolute atomic E-state index is 11.5. The van der Waals surface area contributed by atoms with E-state index in [2.05, 4.69) is 22.0 Å². The second-order valence-electron chi connectivity index (χ2n) is 4.69. The number of nitrogen functional groups attached to an aromatic ring is 1. The Balaban J connectivity index is 2.21. The molecule has 0 bridgehead atoms. The van der Waals surface area contributed by atoms with Crippen molar-refractivity contribution in [1.29, 1.82) is 0 Å². The quantitative estimate of drug-likeness (QED) is 0.781. The lowest BCUT2D eigenvalue weighted by Gasteiger charge is -2.39. The number of aromatic nitrogens is 1. The Labute approximate surface area is 100 Å². The number of ether oxygens (including phenoxy) is 1. The number of carbonyl (C=O) groups is 1. The van der Waals surface area contributed by atoms with Crippen molar-refractivity contribution in [3.63, 3.8) is 0 Å². The first-order valence-electron chi connectivity index (χ1n) is 5.66. The fourth-order valence-electron chi connectivity index (χ4n) is 1.96. The average Bonchev–Trinajstić information content (AvgIpc) is 2.28. The molecule has 5 heteroatoms. The zero-order valence-electron chi connectivity index (χ0n) is 10.1. The van der Waals surface area contributed by atoms with E-state index in [9.17, 15) is 4.79 Å². The number of hydrogen-bond acceptors (Lipinski definition) is 5. The molecule has 3 N–H and O–H groups in total. The molecule has 1 aliphatic rings. The van der Waals surface area contributed by atoms with Crippen molar-refractivity contribution >= 4 is 17.5 Å². The molecular formula is C12H17N3O2. The molecule has 5 nitrogen and oxygen atoms in total. The molecule has 0 aliphatic heterocycles. The van der Waals surface area contributed by atoms with Crippen molar-refractivity contribution in [1.82, 2.24) is 4.98 Å². The standard InChI is InChI=1S/C12H17N3O2/c1-12(4-3-5-12)15-10-6-8(11(16)17-2)9(13)7-14-10/h6-7H,3-5,13H2,1-2H3,(H,14,15). The van der Waals surface area contributed by atoms with Gasteiger partial charge in [0.05, 0.1) is 24.6 Å². The van der Waals surface area contributed by atoms with Gasteiger partial charge in [0.1, 0.15) is 5.82 Å². The summed E-state index contributed by atoms with van der Waals surface area (Å²) >= 11 is 0. The Hall–Kier alpha value is -1.78. The Morgan fingerprint density at radius 1 is 1.59 bits per heavy atom. The van der Waals surface area contributed by atoms with Gasteiger partial charge < -0.3 is 15.8 Å². The molecule has 1 aromatic rings. The first kappa shape index (κ1) is 11.7. The van der Waals surface area contributed by atoms with Gasteiger partial charge in [0.2, 0.25) is 0 Å². The van der Waals surface area contributed by atoms with Crippen LogP contribution in [0.25, 0.3) is 0 Å². The Bertz CT molecular complexity index is 441. The van der Waals surface area contributed by atoms with Gasteiger partial charge in [0, 0.05) is 5.54 Å². The van der Waals surface area contributed by atoms with Crippen LogP contribution >= 0.6 is 0 Å². The summed E-state index contributed by atoms with van der Waals surface area (Å²) in [4.78, 5) is 15.7. The van der Waals surface area contributed by atoms with E-state index in [4.69, 9.17) is 5.73 Å². The number of nitrogens with two attached hydrogens (primary N) is 1. The number of methoxy groups -OCH3 is 1. The molecule has 1 fully saturated rings.